The second-order valence-electron chi connectivity index (χ2n) is 4.39. The van der Waals surface area contributed by atoms with Gasteiger partial charge in [-0.15, -0.1) is 0 Å². The Kier molecular flexibility index (Phi) is 3.24. The van der Waals surface area contributed by atoms with Crippen molar-refractivity contribution in [1.82, 2.24) is 15.5 Å². The number of aromatic nitrogens is 2. The Labute approximate surface area is 103 Å². The van der Waals surface area contributed by atoms with Gasteiger partial charge >= 0.3 is 5.97 Å². The van der Waals surface area contributed by atoms with Gasteiger partial charge in [-0.2, -0.15) is 10.2 Å². The third kappa shape index (κ3) is 2.17. The zero-order valence-corrected chi connectivity index (χ0v) is 9.79. The Morgan fingerprint density at radius 1 is 1.56 bits per heavy atom. The van der Waals surface area contributed by atoms with Crippen LogP contribution in [0.3, 0.4) is 0 Å². The van der Waals surface area contributed by atoms with E-state index in [1.54, 1.807) is 6.92 Å². The van der Waals surface area contributed by atoms with Crippen LogP contribution in [0.15, 0.2) is 18.5 Å². The van der Waals surface area contributed by atoms with Crippen molar-refractivity contribution >= 4 is 11.9 Å². The van der Waals surface area contributed by atoms with Crippen LogP contribution in [0.1, 0.15) is 17.3 Å². The van der Waals surface area contributed by atoms with E-state index >= 15 is 0 Å². The number of hydrogen-bond donors (Lipinski definition) is 2. The van der Waals surface area contributed by atoms with Crippen LogP contribution < -0.4 is 5.32 Å². The first kappa shape index (κ1) is 12.4. The van der Waals surface area contributed by atoms with Crippen LogP contribution in [-0.4, -0.2) is 46.4 Å². The number of carboxylic acid groups (broad SMARTS) is 1. The number of nitrogens with zero attached hydrogens (tertiary/aromatic N) is 2. The minimum absolute atomic E-state index is 0.0852. The summed E-state index contributed by atoms with van der Waals surface area (Å²) in [4.78, 5) is 23.1. The van der Waals surface area contributed by atoms with Crippen molar-refractivity contribution in [1.29, 1.82) is 0 Å². The molecule has 7 heteroatoms. The van der Waals surface area contributed by atoms with E-state index in [4.69, 9.17) is 4.74 Å². The molecule has 96 valence electrons. The highest BCUT2D eigenvalue weighted by molar-refractivity contribution is 5.94. The number of carboxylic acids is 1. The first-order chi connectivity index (χ1) is 8.54. The monoisotopic (exact) mass is 251 g/mol. The highest BCUT2D eigenvalue weighted by Crippen LogP contribution is 2.28. The minimum Gasteiger partial charge on any atom is -0.481 e. The van der Waals surface area contributed by atoms with E-state index < -0.39 is 17.4 Å². The molecule has 18 heavy (non-hydrogen) atoms. The number of hydrogen-bond acceptors (Lipinski definition) is 5. The molecule has 1 aromatic rings. The summed E-state index contributed by atoms with van der Waals surface area (Å²) < 4.78 is 5.15. The molecule has 0 aliphatic carbocycles. The Bertz CT molecular complexity index is 465. The van der Waals surface area contributed by atoms with Crippen molar-refractivity contribution in [2.24, 2.45) is 5.41 Å². The molecule has 1 amide bonds. The maximum Gasteiger partial charge on any atom is 0.313 e. The number of ether oxygens (including phenoxy) is 1. The minimum atomic E-state index is -1.10. The molecule has 0 aromatic carbocycles. The van der Waals surface area contributed by atoms with Gasteiger partial charge in [-0.05, 0) is 13.0 Å². The van der Waals surface area contributed by atoms with E-state index in [1.165, 1.54) is 18.5 Å². The molecular formula is C11H13N3O4. The van der Waals surface area contributed by atoms with Crippen molar-refractivity contribution in [3.8, 4) is 0 Å². The fourth-order valence-electron chi connectivity index (χ4n) is 1.75. The summed E-state index contributed by atoms with van der Waals surface area (Å²) in [5.41, 5.74) is -0.763. The first-order valence-corrected chi connectivity index (χ1v) is 5.43. The van der Waals surface area contributed by atoms with Gasteiger partial charge in [0.2, 0.25) is 0 Å². The third-order valence-corrected chi connectivity index (χ3v) is 3.10. The van der Waals surface area contributed by atoms with Crippen LogP contribution in [-0.2, 0) is 9.53 Å². The molecule has 0 saturated carbocycles. The molecule has 2 unspecified atom stereocenters. The van der Waals surface area contributed by atoms with Gasteiger partial charge in [0, 0.05) is 0 Å². The number of carbonyl (C=O) groups is 2. The van der Waals surface area contributed by atoms with Crippen molar-refractivity contribution in [2.45, 2.75) is 13.0 Å². The fraction of sp³-hybridized carbons (Fsp3) is 0.455. The fourth-order valence-corrected chi connectivity index (χ4v) is 1.75. The lowest BCUT2D eigenvalue weighted by molar-refractivity contribution is -0.148. The summed E-state index contributed by atoms with van der Waals surface area (Å²) in [5.74, 6) is -1.37. The standard InChI is InChI=1S/C11H13N3O4/c1-11(10(16)17)6-18-5-8(11)14-9(15)7-2-3-12-13-4-7/h2-4,8H,5-6H2,1H3,(H,14,15)(H,16,17). The molecule has 0 spiro atoms. The Balaban J connectivity index is 2.10. The van der Waals surface area contributed by atoms with Crippen molar-refractivity contribution in [2.75, 3.05) is 13.2 Å². The van der Waals surface area contributed by atoms with Gasteiger partial charge in [0.05, 0.1) is 37.2 Å². The van der Waals surface area contributed by atoms with E-state index in [0.29, 0.717) is 5.56 Å². The van der Waals surface area contributed by atoms with Crippen LogP contribution >= 0.6 is 0 Å². The number of amides is 1. The molecule has 2 atom stereocenters. The van der Waals surface area contributed by atoms with Crippen LogP contribution in [0.25, 0.3) is 0 Å². The summed E-state index contributed by atoms with van der Waals surface area (Å²) in [6, 6.07) is 0.951. The molecule has 1 aliphatic heterocycles. The molecule has 2 heterocycles. The lowest BCUT2D eigenvalue weighted by Crippen LogP contribution is -2.49. The second-order valence-corrected chi connectivity index (χ2v) is 4.39. The number of rotatable bonds is 3. The smallest absolute Gasteiger partial charge is 0.313 e. The average molecular weight is 251 g/mol. The molecule has 7 nitrogen and oxygen atoms in total. The zero-order valence-electron chi connectivity index (χ0n) is 9.79. The Hall–Kier alpha value is -2.02. The maximum atomic E-state index is 11.9. The van der Waals surface area contributed by atoms with Gasteiger partial charge < -0.3 is 15.2 Å². The predicted molar refractivity (Wildman–Crippen MR) is 59.8 cm³/mol. The maximum absolute atomic E-state index is 11.9. The highest BCUT2D eigenvalue weighted by Gasteiger charge is 2.47. The van der Waals surface area contributed by atoms with Crippen LogP contribution in [0.2, 0.25) is 0 Å². The van der Waals surface area contributed by atoms with E-state index in [0.717, 1.165) is 0 Å². The van der Waals surface area contributed by atoms with Gasteiger partial charge in [0.1, 0.15) is 5.41 Å². The normalized spacial score (nSPS) is 26.8. The number of carbonyl (C=O) groups excluding carboxylic acids is 1. The van der Waals surface area contributed by atoms with Crippen LogP contribution in [0, 0.1) is 5.41 Å². The van der Waals surface area contributed by atoms with E-state index in [1.807, 2.05) is 0 Å². The molecule has 0 bridgehead atoms. The quantitative estimate of drug-likeness (QED) is 0.764. The van der Waals surface area contributed by atoms with Gasteiger partial charge in [-0.25, -0.2) is 0 Å². The summed E-state index contributed by atoms with van der Waals surface area (Å²) in [7, 11) is 0. The van der Waals surface area contributed by atoms with E-state index in [9.17, 15) is 14.7 Å². The van der Waals surface area contributed by atoms with Gasteiger partial charge in [-0.3, -0.25) is 9.59 Å². The topological polar surface area (TPSA) is 101 Å². The third-order valence-electron chi connectivity index (χ3n) is 3.10. The summed E-state index contributed by atoms with van der Waals surface area (Å²) >= 11 is 0. The summed E-state index contributed by atoms with van der Waals surface area (Å²) in [5, 5.41) is 19.0. The van der Waals surface area contributed by atoms with E-state index in [2.05, 4.69) is 15.5 Å². The Morgan fingerprint density at radius 2 is 2.33 bits per heavy atom. The van der Waals surface area contributed by atoms with Crippen molar-refractivity contribution in [3.63, 3.8) is 0 Å². The first-order valence-electron chi connectivity index (χ1n) is 5.43. The largest absolute Gasteiger partial charge is 0.481 e. The van der Waals surface area contributed by atoms with E-state index in [-0.39, 0.29) is 19.1 Å². The molecule has 2 N–H and O–H groups in total. The van der Waals surface area contributed by atoms with Crippen molar-refractivity contribution < 1.29 is 19.4 Å². The zero-order chi connectivity index (χ0) is 13.2. The summed E-state index contributed by atoms with van der Waals surface area (Å²) in [6.07, 6.45) is 2.72. The number of nitrogens with one attached hydrogen (secondary N) is 1. The second kappa shape index (κ2) is 4.69. The number of aliphatic carboxylic acids is 1. The molecular weight excluding hydrogens is 238 g/mol. The van der Waals surface area contributed by atoms with Crippen LogP contribution in [0.4, 0.5) is 0 Å². The van der Waals surface area contributed by atoms with Gasteiger partial charge in [-0.1, -0.05) is 0 Å². The predicted octanol–water partition coefficient (Wildman–Crippen LogP) is -0.304. The molecule has 0 radical (unpaired) electrons. The lowest BCUT2D eigenvalue weighted by atomic mass is 9.85. The molecule has 2 rings (SSSR count). The Morgan fingerprint density at radius 3 is 2.94 bits per heavy atom. The molecule has 1 aliphatic rings. The van der Waals surface area contributed by atoms with Crippen molar-refractivity contribution in [3.05, 3.63) is 24.0 Å². The highest BCUT2D eigenvalue weighted by atomic mass is 16.5. The SMILES string of the molecule is CC1(C(=O)O)COCC1NC(=O)c1ccnnc1. The molecule has 1 aromatic heterocycles. The molecule has 1 saturated heterocycles. The summed E-state index contributed by atoms with van der Waals surface area (Å²) in [6.45, 7) is 1.83. The lowest BCUT2D eigenvalue weighted by Gasteiger charge is -2.25. The molecule has 1 fully saturated rings. The van der Waals surface area contributed by atoms with Gasteiger partial charge in [0.15, 0.2) is 0 Å². The average Bonchev–Trinajstić information content (AvgIpc) is 2.73. The van der Waals surface area contributed by atoms with Crippen LogP contribution in [0.5, 0.6) is 0 Å². The van der Waals surface area contributed by atoms with Gasteiger partial charge in [0.25, 0.3) is 5.91 Å².